The highest BCUT2D eigenvalue weighted by Crippen LogP contribution is 2.30. The second-order valence-corrected chi connectivity index (χ2v) is 5.76. The van der Waals surface area contributed by atoms with E-state index in [-0.39, 0.29) is 11.9 Å². The van der Waals surface area contributed by atoms with Gasteiger partial charge in [-0.15, -0.1) is 11.3 Å². The quantitative estimate of drug-likeness (QED) is 0.871. The fourth-order valence-electron chi connectivity index (χ4n) is 2.14. The molecule has 0 radical (unpaired) electrons. The zero-order chi connectivity index (χ0) is 13.1. The number of halogens is 1. The molecule has 1 N–H and O–H groups in total. The average Bonchev–Trinajstić information content (AvgIpc) is 2.73. The molecule has 1 unspecified atom stereocenters. The SMILES string of the molecule is CCNC(c1ccc(C)s1)c1ccc(F)cc1C. The Morgan fingerprint density at radius 1 is 1.22 bits per heavy atom. The third-order valence-electron chi connectivity index (χ3n) is 3.00. The lowest BCUT2D eigenvalue weighted by molar-refractivity contribution is 0.613. The number of rotatable bonds is 4. The molecule has 1 aromatic heterocycles. The van der Waals surface area contributed by atoms with Crippen molar-refractivity contribution >= 4 is 11.3 Å². The van der Waals surface area contributed by atoms with E-state index in [4.69, 9.17) is 0 Å². The van der Waals surface area contributed by atoms with Crippen LogP contribution in [-0.2, 0) is 0 Å². The van der Waals surface area contributed by atoms with Gasteiger partial charge in [-0.25, -0.2) is 4.39 Å². The molecule has 0 amide bonds. The van der Waals surface area contributed by atoms with Crippen molar-refractivity contribution in [2.75, 3.05) is 6.54 Å². The molecule has 96 valence electrons. The minimum Gasteiger partial charge on any atom is -0.306 e. The van der Waals surface area contributed by atoms with Crippen molar-refractivity contribution in [3.05, 3.63) is 57.0 Å². The van der Waals surface area contributed by atoms with Gasteiger partial charge in [-0.1, -0.05) is 13.0 Å². The van der Waals surface area contributed by atoms with E-state index in [9.17, 15) is 4.39 Å². The molecule has 1 atom stereocenters. The molecule has 0 spiro atoms. The first-order valence-electron chi connectivity index (χ1n) is 6.17. The molecule has 0 fully saturated rings. The van der Waals surface area contributed by atoms with Crippen molar-refractivity contribution in [1.29, 1.82) is 0 Å². The monoisotopic (exact) mass is 263 g/mol. The van der Waals surface area contributed by atoms with Crippen LogP contribution in [0.4, 0.5) is 4.39 Å². The maximum atomic E-state index is 13.2. The van der Waals surface area contributed by atoms with E-state index in [1.54, 1.807) is 17.4 Å². The van der Waals surface area contributed by atoms with Crippen LogP contribution in [-0.4, -0.2) is 6.54 Å². The van der Waals surface area contributed by atoms with Crippen molar-refractivity contribution < 1.29 is 4.39 Å². The van der Waals surface area contributed by atoms with Crippen LogP contribution in [0, 0.1) is 19.7 Å². The third kappa shape index (κ3) is 2.79. The predicted octanol–water partition coefficient (Wildman–Crippen LogP) is 4.20. The van der Waals surface area contributed by atoms with Gasteiger partial charge in [-0.05, 0) is 55.8 Å². The molecular formula is C15H18FNS. The molecule has 0 saturated carbocycles. The van der Waals surface area contributed by atoms with E-state index in [2.05, 4.69) is 31.3 Å². The Bertz CT molecular complexity index is 533. The van der Waals surface area contributed by atoms with E-state index in [1.165, 1.54) is 15.8 Å². The number of benzene rings is 1. The first-order chi connectivity index (χ1) is 8.61. The average molecular weight is 263 g/mol. The standard InChI is InChI=1S/C15H18FNS/c1-4-17-15(14-8-5-11(3)18-14)13-7-6-12(16)9-10(13)2/h5-9,15,17H,4H2,1-3H3. The number of nitrogens with one attached hydrogen (secondary N) is 1. The van der Waals surface area contributed by atoms with E-state index >= 15 is 0 Å². The van der Waals surface area contributed by atoms with Crippen LogP contribution < -0.4 is 5.32 Å². The lowest BCUT2D eigenvalue weighted by Gasteiger charge is -2.19. The van der Waals surface area contributed by atoms with Crippen LogP contribution in [0.15, 0.2) is 30.3 Å². The van der Waals surface area contributed by atoms with Crippen LogP contribution >= 0.6 is 11.3 Å². The highest BCUT2D eigenvalue weighted by molar-refractivity contribution is 7.12. The first-order valence-corrected chi connectivity index (χ1v) is 6.99. The summed E-state index contributed by atoms with van der Waals surface area (Å²) >= 11 is 1.79. The van der Waals surface area contributed by atoms with Crippen molar-refractivity contribution in [3.63, 3.8) is 0 Å². The minimum absolute atomic E-state index is 0.161. The first kappa shape index (κ1) is 13.2. The van der Waals surface area contributed by atoms with Crippen LogP contribution in [0.3, 0.4) is 0 Å². The summed E-state index contributed by atoms with van der Waals surface area (Å²) in [4.78, 5) is 2.58. The zero-order valence-corrected chi connectivity index (χ0v) is 11.8. The second kappa shape index (κ2) is 5.63. The zero-order valence-electron chi connectivity index (χ0n) is 11.0. The molecule has 1 nitrogen and oxygen atoms in total. The Labute approximate surface area is 112 Å². The maximum Gasteiger partial charge on any atom is 0.123 e. The molecule has 0 aliphatic rings. The fraction of sp³-hybridized carbons (Fsp3) is 0.333. The molecule has 18 heavy (non-hydrogen) atoms. The number of aryl methyl sites for hydroxylation is 2. The summed E-state index contributed by atoms with van der Waals surface area (Å²) in [5, 5.41) is 3.48. The molecule has 0 bridgehead atoms. The van der Waals surface area contributed by atoms with Gasteiger partial charge in [0, 0.05) is 9.75 Å². The molecule has 0 aliphatic carbocycles. The van der Waals surface area contributed by atoms with Gasteiger partial charge in [0.1, 0.15) is 5.82 Å². The molecule has 2 aromatic rings. The van der Waals surface area contributed by atoms with Gasteiger partial charge in [0.2, 0.25) is 0 Å². The van der Waals surface area contributed by atoms with Gasteiger partial charge in [0.25, 0.3) is 0 Å². The number of hydrogen-bond donors (Lipinski definition) is 1. The Kier molecular flexibility index (Phi) is 4.15. The van der Waals surface area contributed by atoms with Gasteiger partial charge in [0.15, 0.2) is 0 Å². The molecule has 1 aromatic carbocycles. The second-order valence-electron chi connectivity index (χ2n) is 4.44. The lowest BCUT2D eigenvalue weighted by Crippen LogP contribution is -2.21. The van der Waals surface area contributed by atoms with Crippen molar-refractivity contribution in [1.82, 2.24) is 5.32 Å². The smallest absolute Gasteiger partial charge is 0.123 e. The van der Waals surface area contributed by atoms with E-state index in [0.29, 0.717) is 0 Å². The van der Waals surface area contributed by atoms with E-state index in [0.717, 1.165) is 17.7 Å². The van der Waals surface area contributed by atoms with E-state index in [1.807, 2.05) is 13.0 Å². The minimum atomic E-state index is -0.172. The van der Waals surface area contributed by atoms with Crippen LogP contribution in [0.5, 0.6) is 0 Å². The van der Waals surface area contributed by atoms with Gasteiger partial charge in [0.05, 0.1) is 6.04 Å². The molecular weight excluding hydrogens is 245 g/mol. The molecule has 0 saturated heterocycles. The molecule has 1 heterocycles. The number of hydrogen-bond acceptors (Lipinski definition) is 2. The topological polar surface area (TPSA) is 12.0 Å². The summed E-state index contributed by atoms with van der Waals surface area (Å²) in [6, 6.07) is 9.45. The highest BCUT2D eigenvalue weighted by Gasteiger charge is 2.16. The Hall–Kier alpha value is -1.19. The lowest BCUT2D eigenvalue weighted by atomic mass is 10.00. The Morgan fingerprint density at radius 2 is 2.00 bits per heavy atom. The van der Waals surface area contributed by atoms with Gasteiger partial charge < -0.3 is 5.32 Å². The highest BCUT2D eigenvalue weighted by atomic mass is 32.1. The summed E-state index contributed by atoms with van der Waals surface area (Å²) in [6.45, 7) is 7.04. The summed E-state index contributed by atoms with van der Waals surface area (Å²) in [5.41, 5.74) is 2.15. The van der Waals surface area contributed by atoms with Crippen LogP contribution in [0.2, 0.25) is 0 Å². The van der Waals surface area contributed by atoms with Crippen molar-refractivity contribution in [3.8, 4) is 0 Å². The predicted molar refractivity (Wildman–Crippen MR) is 75.7 cm³/mol. The van der Waals surface area contributed by atoms with E-state index < -0.39 is 0 Å². The van der Waals surface area contributed by atoms with Crippen LogP contribution in [0.25, 0.3) is 0 Å². The van der Waals surface area contributed by atoms with Gasteiger partial charge in [-0.3, -0.25) is 0 Å². The molecule has 0 aliphatic heterocycles. The fourth-order valence-corrected chi connectivity index (χ4v) is 3.11. The van der Waals surface area contributed by atoms with Gasteiger partial charge in [-0.2, -0.15) is 0 Å². The van der Waals surface area contributed by atoms with Gasteiger partial charge >= 0.3 is 0 Å². The van der Waals surface area contributed by atoms with Crippen molar-refractivity contribution in [2.45, 2.75) is 26.8 Å². The Morgan fingerprint density at radius 3 is 2.56 bits per heavy atom. The van der Waals surface area contributed by atoms with Crippen LogP contribution in [0.1, 0.15) is 33.8 Å². The summed E-state index contributed by atoms with van der Waals surface area (Å²) < 4.78 is 13.2. The number of thiophene rings is 1. The Balaban J connectivity index is 2.41. The molecule has 3 heteroatoms. The van der Waals surface area contributed by atoms with Crippen molar-refractivity contribution in [2.24, 2.45) is 0 Å². The maximum absolute atomic E-state index is 13.2. The largest absolute Gasteiger partial charge is 0.306 e. The third-order valence-corrected chi connectivity index (χ3v) is 4.06. The summed E-state index contributed by atoms with van der Waals surface area (Å²) in [6.07, 6.45) is 0. The normalized spacial score (nSPS) is 12.7. The summed E-state index contributed by atoms with van der Waals surface area (Å²) in [5.74, 6) is -0.172. The summed E-state index contributed by atoms with van der Waals surface area (Å²) in [7, 11) is 0. The molecule has 2 rings (SSSR count).